The summed E-state index contributed by atoms with van der Waals surface area (Å²) in [5.74, 6) is -1.13. The number of carboxylic acids is 1. The predicted octanol–water partition coefficient (Wildman–Crippen LogP) is 2.48. The van der Waals surface area contributed by atoms with Crippen molar-refractivity contribution in [3.8, 4) is 17.1 Å². The Labute approximate surface area is 130 Å². The molecular formula is C15H12N4O4. The van der Waals surface area contributed by atoms with Crippen LogP contribution in [0, 0.1) is 10.1 Å². The van der Waals surface area contributed by atoms with E-state index >= 15 is 0 Å². The van der Waals surface area contributed by atoms with Crippen LogP contribution in [0.15, 0.2) is 48.7 Å². The first kappa shape index (κ1) is 14.5. The summed E-state index contributed by atoms with van der Waals surface area (Å²) >= 11 is 0. The number of hydrogen-bond donors (Lipinski definition) is 1. The average Bonchev–Trinajstić information content (AvgIpc) is 3.13. The first-order chi connectivity index (χ1) is 11.0. The van der Waals surface area contributed by atoms with E-state index < -0.39 is 10.9 Å². The van der Waals surface area contributed by atoms with Gasteiger partial charge in [-0.1, -0.05) is 0 Å². The highest BCUT2D eigenvalue weighted by molar-refractivity contribution is 5.88. The van der Waals surface area contributed by atoms with Gasteiger partial charge in [0, 0.05) is 31.4 Å². The van der Waals surface area contributed by atoms with Gasteiger partial charge in [0.2, 0.25) is 0 Å². The van der Waals surface area contributed by atoms with E-state index in [4.69, 9.17) is 0 Å². The maximum Gasteiger partial charge on any atom is 0.354 e. The molecule has 8 nitrogen and oxygen atoms in total. The van der Waals surface area contributed by atoms with Gasteiger partial charge in [-0.2, -0.15) is 5.10 Å². The fourth-order valence-electron chi connectivity index (χ4n) is 2.30. The third-order valence-electron chi connectivity index (χ3n) is 3.44. The van der Waals surface area contributed by atoms with Crippen molar-refractivity contribution >= 4 is 11.7 Å². The molecule has 2 aromatic heterocycles. The van der Waals surface area contributed by atoms with Crippen molar-refractivity contribution in [2.24, 2.45) is 7.05 Å². The fraction of sp³-hybridized carbons (Fsp3) is 0.0667. The lowest BCUT2D eigenvalue weighted by molar-refractivity contribution is -0.384. The predicted molar refractivity (Wildman–Crippen MR) is 81.6 cm³/mol. The van der Waals surface area contributed by atoms with Crippen molar-refractivity contribution in [1.29, 1.82) is 0 Å². The van der Waals surface area contributed by atoms with Crippen LogP contribution in [-0.2, 0) is 7.05 Å². The van der Waals surface area contributed by atoms with E-state index in [-0.39, 0.29) is 11.4 Å². The van der Waals surface area contributed by atoms with Gasteiger partial charge >= 0.3 is 5.97 Å². The molecule has 1 N–H and O–H groups in total. The lowest BCUT2D eigenvalue weighted by Crippen LogP contribution is -2.07. The third kappa shape index (κ3) is 2.57. The van der Waals surface area contributed by atoms with Crippen molar-refractivity contribution < 1.29 is 14.8 Å². The smallest absolute Gasteiger partial charge is 0.354 e. The minimum atomic E-state index is -1.13. The van der Waals surface area contributed by atoms with E-state index in [1.807, 2.05) is 29.9 Å². The van der Waals surface area contributed by atoms with Crippen molar-refractivity contribution in [2.45, 2.75) is 0 Å². The molecule has 23 heavy (non-hydrogen) atoms. The molecule has 8 heteroatoms. The normalized spacial score (nSPS) is 10.7. The maximum atomic E-state index is 11.5. The van der Waals surface area contributed by atoms with E-state index in [1.54, 1.807) is 0 Å². The van der Waals surface area contributed by atoms with Gasteiger partial charge in [-0.3, -0.25) is 10.1 Å². The molecule has 1 aromatic carbocycles. The second-order valence-electron chi connectivity index (χ2n) is 4.91. The molecule has 0 fully saturated rings. The highest BCUT2D eigenvalue weighted by atomic mass is 16.6. The molecule has 0 radical (unpaired) electrons. The largest absolute Gasteiger partial charge is 0.477 e. The zero-order valence-corrected chi connectivity index (χ0v) is 12.1. The van der Waals surface area contributed by atoms with Crippen molar-refractivity contribution in [2.75, 3.05) is 0 Å². The van der Waals surface area contributed by atoms with Crippen LogP contribution < -0.4 is 0 Å². The van der Waals surface area contributed by atoms with Crippen LogP contribution >= 0.6 is 0 Å². The van der Waals surface area contributed by atoms with Crippen LogP contribution in [0.2, 0.25) is 0 Å². The van der Waals surface area contributed by atoms with Gasteiger partial charge in [0.15, 0.2) is 5.69 Å². The molecule has 3 rings (SSSR count). The van der Waals surface area contributed by atoms with Gasteiger partial charge in [0.05, 0.1) is 16.3 Å². The summed E-state index contributed by atoms with van der Waals surface area (Å²) in [5, 5.41) is 24.4. The number of nitro benzene ring substituents is 1. The van der Waals surface area contributed by atoms with Crippen molar-refractivity contribution in [1.82, 2.24) is 14.3 Å². The summed E-state index contributed by atoms with van der Waals surface area (Å²) in [6.07, 6.45) is 1.83. The van der Waals surface area contributed by atoms with Gasteiger partial charge in [0.1, 0.15) is 5.69 Å². The van der Waals surface area contributed by atoms with Gasteiger partial charge in [-0.25, -0.2) is 9.48 Å². The molecule has 0 bridgehead atoms. The van der Waals surface area contributed by atoms with Crippen LogP contribution in [0.25, 0.3) is 17.1 Å². The number of nitro groups is 1. The average molecular weight is 312 g/mol. The number of aromatic nitrogens is 3. The molecule has 0 spiro atoms. The first-order valence-electron chi connectivity index (χ1n) is 6.67. The van der Waals surface area contributed by atoms with E-state index in [0.29, 0.717) is 11.4 Å². The molecule has 0 saturated heterocycles. The number of aryl methyl sites for hydroxylation is 1. The number of rotatable bonds is 4. The Morgan fingerprint density at radius 3 is 2.48 bits per heavy atom. The zero-order valence-electron chi connectivity index (χ0n) is 12.1. The zero-order chi connectivity index (χ0) is 16.6. The molecule has 0 atom stereocenters. The van der Waals surface area contributed by atoms with Gasteiger partial charge < -0.3 is 9.67 Å². The number of aromatic carboxylic acids is 1. The quantitative estimate of drug-likeness (QED) is 0.589. The molecule has 0 amide bonds. The van der Waals surface area contributed by atoms with Crippen molar-refractivity contribution in [3.63, 3.8) is 0 Å². The molecule has 0 unspecified atom stereocenters. The number of carboxylic acid groups (broad SMARTS) is 1. The van der Waals surface area contributed by atoms with Crippen LogP contribution in [0.5, 0.6) is 0 Å². The summed E-state index contributed by atoms with van der Waals surface area (Å²) < 4.78 is 3.09. The lowest BCUT2D eigenvalue weighted by atomic mass is 10.2. The molecule has 0 aliphatic rings. The minimum absolute atomic E-state index is 0.0185. The highest BCUT2D eigenvalue weighted by Crippen LogP contribution is 2.23. The summed E-state index contributed by atoms with van der Waals surface area (Å²) in [6.45, 7) is 0. The van der Waals surface area contributed by atoms with Crippen molar-refractivity contribution in [3.05, 3.63) is 64.5 Å². The molecule has 0 aliphatic carbocycles. The SMILES string of the molecule is Cn1cccc1-c1cc(C(=O)O)n(-c2ccc([N+](=O)[O-])cc2)n1. The Bertz CT molecular complexity index is 893. The molecule has 2 heterocycles. The van der Waals surface area contributed by atoms with Crippen LogP contribution in [0.3, 0.4) is 0 Å². The number of benzene rings is 1. The number of hydrogen-bond acceptors (Lipinski definition) is 4. The lowest BCUT2D eigenvalue weighted by Gasteiger charge is -2.04. The highest BCUT2D eigenvalue weighted by Gasteiger charge is 2.18. The second-order valence-corrected chi connectivity index (χ2v) is 4.91. The van der Waals surface area contributed by atoms with E-state index in [2.05, 4.69) is 5.10 Å². The monoisotopic (exact) mass is 312 g/mol. The number of carbonyl (C=O) groups is 1. The number of nitrogens with zero attached hydrogens (tertiary/aromatic N) is 4. The Hall–Kier alpha value is -3.42. The second kappa shape index (κ2) is 5.41. The minimum Gasteiger partial charge on any atom is -0.477 e. The topological polar surface area (TPSA) is 103 Å². The van der Waals surface area contributed by atoms with Gasteiger partial charge in [0.25, 0.3) is 5.69 Å². The van der Waals surface area contributed by atoms with E-state index in [1.165, 1.54) is 35.0 Å². The Balaban J connectivity index is 2.11. The summed E-state index contributed by atoms with van der Waals surface area (Å²) in [6, 6.07) is 10.7. The Kier molecular flexibility index (Phi) is 3.41. The van der Waals surface area contributed by atoms with Crippen LogP contribution in [0.4, 0.5) is 5.69 Å². The van der Waals surface area contributed by atoms with Crippen LogP contribution in [0.1, 0.15) is 10.5 Å². The van der Waals surface area contributed by atoms with Crippen LogP contribution in [-0.4, -0.2) is 30.3 Å². The maximum absolute atomic E-state index is 11.5. The molecule has 3 aromatic rings. The third-order valence-corrected chi connectivity index (χ3v) is 3.44. The van der Waals surface area contributed by atoms with E-state index in [0.717, 1.165) is 5.69 Å². The summed E-state index contributed by atoms with van der Waals surface area (Å²) in [5.41, 5.74) is 1.63. The molecular weight excluding hydrogens is 300 g/mol. The number of non-ortho nitro benzene ring substituents is 1. The first-order valence-corrected chi connectivity index (χ1v) is 6.67. The van der Waals surface area contributed by atoms with E-state index in [9.17, 15) is 20.0 Å². The Morgan fingerprint density at radius 1 is 1.26 bits per heavy atom. The fourth-order valence-corrected chi connectivity index (χ4v) is 2.30. The summed E-state index contributed by atoms with van der Waals surface area (Å²) in [4.78, 5) is 21.7. The summed E-state index contributed by atoms with van der Waals surface area (Å²) in [7, 11) is 1.83. The molecule has 116 valence electrons. The van der Waals surface area contributed by atoms with Gasteiger partial charge in [-0.05, 0) is 24.3 Å². The van der Waals surface area contributed by atoms with Gasteiger partial charge in [-0.15, -0.1) is 0 Å². The molecule has 0 aliphatic heterocycles. The molecule has 0 saturated carbocycles. The standard InChI is InChI=1S/C15H12N4O4/c1-17-8-2-3-13(17)12-9-14(15(20)21)18(16-12)10-4-6-11(7-5-10)19(22)23/h2-9H,1H3,(H,20,21). The Morgan fingerprint density at radius 2 is 1.96 bits per heavy atom.